The molecule has 98 valence electrons. The van der Waals surface area contributed by atoms with Gasteiger partial charge in [-0.05, 0) is 32.4 Å². The third kappa shape index (κ3) is 2.79. The predicted molar refractivity (Wildman–Crippen MR) is 66.9 cm³/mol. The third-order valence-corrected chi connectivity index (χ3v) is 3.19. The Bertz CT molecular complexity index is 434. The Labute approximate surface area is 106 Å². The van der Waals surface area contributed by atoms with Crippen molar-refractivity contribution in [2.45, 2.75) is 32.4 Å². The topological polar surface area (TPSA) is 62.7 Å². The normalized spacial score (nSPS) is 20.3. The van der Waals surface area contributed by atoms with Crippen molar-refractivity contribution in [1.82, 2.24) is 9.88 Å². The van der Waals surface area contributed by atoms with Crippen molar-refractivity contribution >= 4 is 5.97 Å². The number of rotatable bonds is 4. The van der Waals surface area contributed by atoms with Gasteiger partial charge in [-0.3, -0.25) is 4.90 Å². The molecule has 1 fully saturated rings. The molecule has 1 aromatic heterocycles. The fourth-order valence-electron chi connectivity index (χ4n) is 2.12. The molecule has 1 unspecified atom stereocenters. The largest absolute Gasteiger partial charge is 0.477 e. The minimum Gasteiger partial charge on any atom is -0.477 e. The van der Waals surface area contributed by atoms with Crippen molar-refractivity contribution in [1.29, 1.82) is 0 Å². The van der Waals surface area contributed by atoms with Gasteiger partial charge in [-0.15, -0.1) is 0 Å². The summed E-state index contributed by atoms with van der Waals surface area (Å²) in [5.74, 6) is -0.780. The first-order chi connectivity index (χ1) is 8.58. The molecule has 1 N–H and O–H groups in total. The highest BCUT2D eigenvalue weighted by Crippen LogP contribution is 2.21. The van der Waals surface area contributed by atoms with Crippen LogP contribution in [0.5, 0.6) is 5.88 Å². The van der Waals surface area contributed by atoms with E-state index in [2.05, 4.69) is 23.7 Å². The van der Waals surface area contributed by atoms with Crippen LogP contribution in [0, 0.1) is 0 Å². The second-order valence-electron chi connectivity index (χ2n) is 4.78. The van der Waals surface area contributed by atoms with E-state index in [9.17, 15) is 4.79 Å². The van der Waals surface area contributed by atoms with Crippen LogP contribution in [0.15, 0.2) is 18.3 Å². The summed E-state index contributed by atoms with van der Waals surface area (Å²) in [6.45, 7) is 6.10. The molecule has 1 atom stereocenters. The van der Waals surface area contributed by atoms with Gasteiger partial charge < -0.3 is 9.84 Å². The van der Waals surface area contributed by atoms with Crippen LogP contribution in [-0.4, -0.2) is 46.2 Å². The molecule has 5 nitrogen and oxygen atoms in total. The predicted octanol–water partition coefficient (Wildman–Crippen LogP) is 1.64. The summed E-state index contributed by atoms with van der Waals surface area (Å²) >= 11 is 0. The van der Waals surface area contributed by atoms with Gasteiger partial charge in [0.05, 0.1) is 0 Å². The Balaban J connectivity index is 2.05. The molecule has 1 aliphatic rings. The van der Waals surface area contributed by atoms with Gasteiger partial charge in [0.25, 0.3) is 0 Å². The first kappa shape index (κ1) is 12.8. The molecule has 0 bridgehead atoms. The molecule has 5 heteroatoms. The van der Waals surface area contributed by atoms with Crippen LogP contribution >= 0.6 is 0 Å². The van der Waals surface area contributed by atoms with Gasteiger partial charge in [-0.2, -0.15) is 0 Å². The van der Waals surface area contributed by atoms with Crippen molar-refractivity contribution in [3.63, 3.8) is 0 Å². The van der Waals surface area contributed by atoms with Gasteiger partial charge in [0.2, 0.25) is 5.88 Å². The van der Waals surface area contributed by atoms with Crippen LogP contribution in [0.4, 0.5) is 0 Å². The van der Waals surface area contributed by atoms with Crippen molar-refractivity contribution in [3.8, 4) is 5.88 Å². The second kappa shape index (κ2) is 5.35. The smallest absolute Gasteiger partial charge is 0.341 e. The monoisotopic (exact) mass is 250 g/mol. The Morgan fingerprint density at radius 1 is 1.61 bits per heavy atom. The highest BCUT2D eigenvalue weighted by molar-refractivity contribution is 5.90. The number of ether oxygens (including phenoxy) is 1. The number of aromatic carboxylic acids is 1. The molecule has 0 saturated carbocycles. The summed E-state index contributed by atoms with van der Waals surface area (Å²) in [5.41, 5.74) is 0.125. The van der Waals surface area contributed by atoms with Gasteiger partial charge in [0, 0.05) is 25.3 Å². The van der Waals surface area contributed by atoms with Crippen LogP contribution in [0.1, 0.15) is 30.6 Å². The van der Waals surface area contributed by atoms with E-state index in [0.29, 0.717) is 6.04 Å². The Kier molecular flexibility index (Phi) is 3.81. The zero-order valence-electron chi connectivity index (χ0n) is 10.7. The summed E-state index contributed by atoms with van der Waals surface area (Å²) < 4.78 is 5.71. The third-order valence-electron chi connectivity index (χ3n) is 3.19. The molecule has 2 rings (SSSR count). The van der Waals surface area contributed by atoms with Gasteiger partial charge in [-0.25, -0.2) is 9.78 Å². The SMILES string of the molecule is CC(C)N1CCC(Oc2ncccc2C(=O)O)C1. The molecule has 2 heterocycles. The first-order valence-corrected chi connectivity index (χ1v) is 6.17. The lowest BCUT2D eigenvalue weighted by Crippen LogP contribution is -2.30. The Hall–Kier alpha value is -1.62. The molecular weight excluding hydrogens is 232 g/mol. The van der Waals surface area contributed by atoms with Crippen LogP contribution in [0.25, 0.3) is 0 Å². The van der Waals surface area contributed by atoms with Gasteiger partial charge in [0.15, 0.2) is 0 Å². The van der Waals surface area contributed by atoms with E-state index in [-0.39, 0.29) is 17.5 Å². The number of likely N-dealkylation sites (tertiary alicyclic amines) is 1. The van der Waals surface area contributed by atoms with E-state index < -0.39 is 5.97 Å². The van der Waals surface area contributed by atoms with Crippen molar-refractivity contribution in [3.05, 3.63) is 23.9 Å². The molecule has 0 aromatic carbocycles. The standard InChI is InChI=1S/C13H18N2O3/c1-9(2)15-7-5-10(8-15)18-12-11(13(16)17)4-3-6-14-12/h3-4,6,9-10H,5,7-8H2,1-2H3,(H,16,17). The van der Waals surface area contributed by atoms with Crippen molar-refractivity contribution in [2.24, 2.45) is 0 Å². The molecule has 0 amide bonds. The summed E-state index contributed by atoms with van der Waals surface area (Å²) in [6, 6.07) is 3.60. The van der Waals surface area contributed by atoms with Crippen molar-refractivity contribution < 1.29 is 14.6 Å². The van der Waals surface area contributed by atoms with E-state index in [1.54, 1.807) is 12.3 Å². The zero-order chi connectivity index (χ0) is 13.1. The fourth-order valence-corrected chi connectivity index (χ4v) is 2.12. The van der Waals surface area contributed by atoms with E-state index >= 15 is 0 Å². The number of hydrogen-bond acceptors (Lipinski definition) is 4. The Morgan fingerprint density at radius 2 is 2.39 bits per heavy atom. The molecule has 1 aromatic rings. The number of carboxylic acids is 1. The molecule has 0 aliphatic carbocycles. The number of pyridine rings is 1. The summed E-state index contributed by atoms with van der Waals surface area (Å²) in [4.78, 5) is 17.4. The lowest BCUT2D eigenvalue weighted by molar-refractivity contribution is 0.0687. The number of carboxylic acid groups (broad SMARTS) is 1. The minimum absolute atomic E-state index is 0.0281. The molecule has 18 heavy (non-hydrogen) atoms. The lowest BCUT2D eigenvalue weighted by atomic mass is 10.2. The molecular formula is C13H18N2O3. The van der Waals surface area contributed by atoms with Crippen molar-refractivity contribution in [2.75, 3.05) is 13.1 Å². The van der Waals surface area contributed by atoms with Crippen LogP contribution in [-0.2, 0) is 0 Å². The van der Waals surface area contributed by atoms with Crippen LogP contribution in [0.2, 0.25) is 0 Å². The molecule has 1 saturated heterocycles. The molecule has 1 aliphatic heterocycles. The number of nitrogens with zero attached hydrogens (tertiary/aromatic N) is 2. The number of hydrogen-bond donors (Lipinski definition) is 1. The summed E-state index contributed by atoms with van der Waals surface area (Å²) in [7, 11) is 0. The average molecular weight is 250 g/mol. The summed E-state index contributed by atoms with van der Waals surface area (Å²) in [6.07, 6.45) is 2.49. The minimum atomic E-state index is -1.00. The second-order valence-corrected chi connectivity index (χ2v) is 4.78. The highest BCUT2D eigenvalue weighted by atomic mass is 16.5. The maximum absolute atomic E-state index is 11.0. The van der Waals surface area contributed by atoms with E-state index in [4.69, 9.17) is 9.84 Å². The lowest BCUT2D eigenvalue weighted by Gasteiger charge is -2.20. The molecule has 0 spiro atoms. The maximum Gasteiger partial charge on any atom is 0.341 e. The number of carbonyl (C=O) groups is 1. The average Bonchev–Trinajstić information content (AvgIpc) is 2.78. The fraction of sp³-hybridized carbons (Fsp3) is 0.538. The van der Waals surface area contributed by atoms with E-state index in [1.807, 2.05) is 0 Å². The zero-order valence-corrected chi connectivity index (χ0v) is 10.7. The van der Waals surface area contributed by atoms with Gasteiger partial charge in [-0.1, -0.05) is 0 Å². The van der Waals surface area contributed by atoms with Crippen LogP contribution < -0.4 is 4.74 Å². The van der Waals surface area contributed by atoms with E-state index in [0.717, 1.165) is 19.5 Å². The van der Waals surface area contributed by atoms with E-state index in [1.165, 1.54) is 6.07 Å². The summed E-state index contributed by atoms with van der Waals surface area (Å²) in [5, 5.41) is 9.05. The Morgan fingerprint density at radius 3 is 3.00 bits per heavy atom. The quantitative estimate of drug-likeness (QED) is 0.880. The molecule has 0 radical (unpaired) electrons. The van der Waals surface area contributed by atoms with Gasteiger partial charge >= 0.3 is 5.97 Å². The first-order valence-electron chi connectivity index (χ1n) is 6.17. The van der Waals surface area contributed by atoms with Crippen LogP contribution in [0.3, 0.4) is 0 Å². The van der Waals surface area contributed by atoms with Gasteiger partial charge in [0.1, 0.15) is 11.7 Å². The highest BCUT2D eigenvalue weighted by Gasteiger charge is 2.27. The number of aromatic nitrogens is 1. The maximum atomic E-state index is 11.0.